The summed E-state index contributed by atoms with van der Waals surface area (Å²) in [6.07, 6.45) is 5.18. The number of nitrogens with zero attached hydrogens (tertiary/aromatic N) is 3. The minimum atomic E-state index is -0.424. The van der Waals surface area contributed by atoms with Crippen molar-refractivity contribution in [2.45, 2.75) is 20.8 Å². The van der Waals surface area contributed by atoms with Crippen molar-refractivity contribution >= 4 is 18.0 Å². The molecule has 1 aromatic heterocycles. The first-order chi connectivity index (χ1) is 10.4. The largest absolute Gasteiger partial charge is 0.458 e. The lowest BCUT2D eigenvalue weighted by atomic mass is 10.1. The minimum absolute atomic E-state index is 0.136. The van der Waals surface area contributed by atoms with Crippen molar-refractivity contribution in [2.24, 2.45) is 10.9 Å². The zero-order valence-electron chi connectivity index (χ0n) is 13.2. The van der Waals surface area contributed by atoms with Gasteiger partial charge in [-0.15, -0.1) is 5.84 Å². The first-order valence-electron chi connectivity index (χ1n) is 7.03. The normalized spacial score (nSPS) is 18.7. The van der Waals surface area contributed by atoms with Crippen molar-refractivity contribution in [3.05, 3.63) is 47.2 Å². The van der Waals surface area contributed by atoms with Gasteiger partial charge in [-0.1, -0.05) is 28.0 Å². The number of carbonyl (C=O) groups is 1. The summed E-state index contributed by atoms with van der Waals surface area (Å²) in [4.78, 5) is 16.5. The summed E-state index contributed by atoms with van der Waals surface area (Å²) in [5.74, 6) is 6.51. The number of rotatable bonds is 5. The van der Waals surface area contributed by atoms with Gasteiger partial charge in [-0.05, 0) is 32.9 Å². The van der Waals surface area contributed by atoms with Crippen molar-refractivity contribution in [1.29, 1.82) is 0 Å². The number of ether oxygens (including phenoxy) is 1. The Bertz CT molecular complexity index is 675. The molecule has 1 aliphatic rings. The fraction of sp³-hybridized carbons (Fsp3) is 0.312. The second-order valence-corrected chi connectivity index (χ2v) is 5.46. The van der Waals surface area contributed by atoms with Crippen LogP contribution in [0.4, 0.5) is 5.82 Å². The lowest BCUT2D eigenvalue weighted by Gasteiger charge is -2.20. The van der Waals surface area contributed by atoms with Crippen LogP contribution in [0.25, 0.3) is 0 Å². The lowest BCUT2D eigenvalue weighted by Crippen LogP contribution is -2.50. The fourth-order valence-electron chi connectivity index (χ4n) is 2.11. The molecule has 0 radical (unpaired) electrons. The second kappa shape index (κ2) is 6.21. The van der Waals surface area contributed by atoms with Crippen LogP contribution in [0.15, 0.2) is 35.5 Å². The van der Waals surface area contributed by atoms with E-state index in [1.54, 1.807) is 19.2 Å². The highest BCUT2D eigenvalue weighted by Gasteiger charge is 2.36. The molecule has 1 unspecified atom stereocenters. The second-order valence-electron chi connectivity index (χ2n) is 5.46. The highest BCUT2D eigenvalue weighted by atomic mass is 16.5. The van der Waals surface area contributed by atoms with Gasteiger partial charge in [0.25, 0.3) is 5.82 Å². The predicted molar refractivity (Wildman–Crippen MR) is 87.3 cm³/mol. The first kappa shape index (κ1) is 16.1. The van der Waals surface area contributed by atoms with Crippen LogP contribution in [0.3, 0.4) is 0 Å². The number of esters is 1. The molecule has 0 aliphatic carbocycles. The van der Waals surface area contributed by atoms with Gasteiger partial charge in [-0.3, -0.25) is 0 Å². The Hall–Kier alpha value is -2.31. The Morgan fingerprint density at radius 3 is 2.86 bits per heavy atom. The number of hydrogen-bond donors (Lipinski definition) is 1. The molecule has 1 aromatic rings. The summed E-state index contributed by atoms with van der Waals surface area (Å²) in [5.41, 5.74) is 2.89. The number of fused-ring (bicyclic) bond motifs is 1. The van der Waals surface area contributed by atoms with Crippen LogP contribution < -0.4 is 10.5 Å². The van der Waals surface area contributed by atoms with Crippen LogP contribution in [-0.4, -0.2) is 30.3 Å². The van der Waals surface area contributed by atoms with E-state index >= 15 is 0 Å². The molecule has 0 aromatic carbocycles. The van der Waals surface area contributed by atoms with Crippen LogP contribution in [-0.2, 0) is 4.74 Å². The van der Waals surface area contributed by atoms with Gasteiger partial charge in [-0.25, -0.2) is 4.79 Å². The molecular weight excluding hydrogens is 280 g/mol. The molecule has 0 saturated carbocycles. The van der Waals surface area contributed by atoms with E-state index in [0.29, 0.717) is 23.6 Å². The van der Waals surface area contributed by atoms with Crippen molar-refractivity contribution in [3.8, 4) is 0 Å². The molecule has 0 amide bonds. The minimum Gasteiger partial charge on any atom is -0.458 e. The standard InChI is InChI=1S/C16H21N4O2/c1-5-8-22-16(21)14-9-13-10-18-20(17,7-6-11(2)3)15(13)19-12(14)4/h5-6,9-10H,1,7-8,17H2,2-4H3/q+1. The number of aromatic nitrogens is 1. The van der Waals surface area contributed by atoms with E-state index in [4.69, 9.17) is 10.6 Å². The topological polar surface area (TPSA) is 77.6 Å². The van der Waals surface area contributed by atoms with E-state index in [1.807, 2.05) is 19.9 Å². The Kier molecular flexibility index (Phi) is 4.54. The summed E-state index contributed by atoms with van der Waals surface area (Å²) >= 11 is 0. The Balaban J connectivity index is 2.35. The van der Waals surface area contributed by atoms with Gasteiger partial charge in [0.15, 0.2) is 0 Å². The van der Waals surface area contributed by atoms with Crippen LogP contribution in [0.2, 0.25) is 0 Å². The first-order valence-corrected chi connectivity index (χ1v) is 7.03. The van der Waals surface area contributed by atoms with Gasteiger partial charge in [-0.2, -0.15) is 4.98 Å². The van der Waals surface area contributed by atoms with Gasteiger partial charge < -0.3 is 4.74 Å². The summed E-state index contributed by atoms with van der Waals surface area (Å²) in [6.45, 7) is 9.97. The monoisotopic (exact) mass is 301 g/mol. The number of aryl methyl sites for hydroxylation is 1. The molecule has 6 nitrogen and oxygen atoms in total. The highest BCUT2D eigenvalue weighted by Crippen LogP contribution is 2.29. The molecule has 6 heteroatoms. The molecule has 22 heavy (non-hydrogen) atoms. The number of pyridine rings is 1. The van der Waals surface area contributed by atoms with Gasteiger partial charge >= 0.3 is 5.97 Å². The third kappa shape index (κ3) is 3.13. The fourth-order valence-corrected chi connectivity index (χ4v) is 2.11. The molecule has 2 N–H and O–H groups in total. The number of nitrogens with two attached hydrogens (primary N) is 1. The third-order valence-electron chi connectivity index (χ3n) is 3.32. The maximum absolute atomic E-state index is 12.0. The number of carbonyl (C=O) groups excluding carboxylic acids is 1. The quantitative estimate of drug-likeness (QED) is 0.391. The van der Waals surface area contributed by atoms with Gasteiger partial charge in [0, 0.05) is 0 Å². The number of allylic oxidation sites excluding steroid dienone is 1. The van der Waals surface area contributed by atoms with E-state index < -0.39 is 5.97 Å². The average molecular weight is 301 g/mol. The van der Waals surface area contributed by atoms with Crippen molar-refractivity contribution < 1.29 is 9.53 Å². The van der Waals surface area contributed by atoms with Crippen molar-refractivity contribution in [3.63, 3.8) is 0 Å². The summed E-state index contributed by atoms with van der Waals surface area (Å²) in [6, 6.07) is 1.72. The molecular formula is C16H21N4O2+. The summed E-state index contributed by atoms with van der Waals surface area (Å²) < 4.78 is 4.93. The van der Waals surface area contributed by atoms with Gasteiger partial charge in [0.05, 0.1) is 16.8 Å². The van der Waals surface area contributed by atoms with Crippen LogP contribution >= 0.6 is 0 Å². The third-order valence-corrected chi connectivity index (χ3v) is 3.32. The van der Waals surface area contributed by atoms with Gasteiger partial charge in [0.1, 0.15) is 19.4 Å². The van der Waals surface area contributed by atoms with E-state index in [0.717, 1.165) is 11.1 Å². The summed E-state index contributed by atoms with van der Waals surface area (Å²) in [7, 11) is 0. The molecule has 1 aliphatic heterocycles. The zero-order chi connectivity index (χ0) is 16.3. The Morgan fingerprint density at radius 2 is 2.23 bits per heavy atom. The maximum Gasteiger partial charge on any atom is 0.340 e. The predicted octanol–water partition coefficient (Wildman–Crippen LogP) is 2.23. The summed E-state index contributed by atoms with van der Waals surface area (Å²) in [5, 5.41) is 4.33. The van der Waals surface area contributed by atoms with E-state index in [2.05, 4.69) is 16.7 Å². The SMILES string of the molecule is C=CCOC(=O)c1cc2c(nc1C)[N+](N)(CC=C(C)C)N=C2. The molecule has 0 saturated heterocycles. The van der Waals surface area contributed by atoms with Gasteiger partial charge in [0.2, 0.25) is 0 Å². The average Bonchev–Trinajstić information content (AvgIpc) is 2.79. The number of quaternary nitrogens is 1. The van der Waals surface area contributed by atoms with E-state index in [9.17, 15) is 4.79 Å². The van der Waals surface area contributed by atoms with E-state index in [1.165, 1.54) is 6.08 Å². The zero-order valence-corrected chi connectivity index (χ0v) is 13.2. The Morgan fingerprint density at radius 1 is 1.50 bits per heavy atom. The molecule has 2 rings (SSSR count). The smallest absolute Gasteiger partial charge is 0.340 e. The Labute approximate surface area is 130 Å². The molecule has 0 spiro atoms. The molecule has 0 fully saturated rings. The molecule has 2 heterocycles. The molecule has 0 bridgehead atoms. The number of hydrogen-bond acceptors (Lipinski definition) is 5. The van der Waals surface area contributed by atoms with Crippen LogP contribution in [0.1, 0.15) is 35.5 Å². The van der Waals surface area contributed by atoms with Crippen LogP contribution in [0.5, 0.6) is 0 Å². The lowest BCUT2D eigenvalue weighted by molar-refractivity contribution is 0.0548. The molecule has 1 atom stereocenters. The van der Waals surface area contributed by atoms with Crippen LogP contribution in [0, 0.1) is 6.92 Å². The molecule has 116 valence electrons. The maximum atomic E-state index is 12.0. The van der Waals surface area contributed by atoms with E-state index in [-0.39, 0.29) is 11.3 Å². The van der Waals surface area contributed by atoms with Crippen molar-refractivity contribution in [2.75, 3.05) is 13.2 Å². The van der Waals surface area contributed by atoms with Crippen molar-refractivity contribution in [1.82, 2.24) is 9.69 Å². The highest BCUT2D eigenvalue weighted by molar-refractivity contribution is 5.96.